The Kier molecular flexibility index (Phi) is 4.87. The zero-order chi connectivity index (χ0) is 23.1. The highest BCUT2D eigenvalue weighted by atomic mass is 16.5. The predicted octanol–water partition coefficient (Wildman–Crippen LogP) is 5.23. The van der Waals surface area contributed by atoms with Gasteiger partial charge in [0.05, 0.1) is 23.8 Å². The number of rotatable bonds is 3. The van der Waals surface area contributed by atoms with Crippen LogP contribution in [0.5, 0.6) is 5.75 Å². The molecule has 3 heterocycles. The summed E-state index contributed by atoms with van der Waals surface area (Å²) in [5, 5.41) is 0. The van der Waals surface area contributed by atoms with Gasteiger partial charge in [0.2, 0.25) is 0 Å². The number of nitrogens with zero attached hydrogens (tertiary/aromatic N) is 3. The van der Waals surface area contributed by atoms with Crippen LogP contribution in [0.25, 0.3) is 33.5 Å². The van der Waals surface area contributed by atoms with Gasteiger partial charge < -0.3 is 19.0 Å². The minimum atomic E-state index is -0.0275. The lowest BCUT2D eigenvalue weighted by molar-refractivity contribution is 0.0733. The van der Waals surface area contributed by atoms with E-state index in [1.54, 1.807) is 6.20 Å². The van der Waals surface area contributed by atoms with E-state index in [4.69, 9.17) is 9.15 Å². The van der Waals surface area contributed by atoms with Crippen molar-refractivity contribution in [1.29, 1.82) is 0 Å². The predicted molar refractivity (Wildman–Crippen MR) is 128 cm³/mol. The highest BCUT2D eigenvalue weighted by Crippen LogP contribution is 2.31. The second-order valence-corrected chi connectivity index (χ2v) is 8.39. The van der Waals surface area contributed by atoms with E-state index in [0.29, 0.717) is 31.0 Å². The zero-order valence-electron chi connectivity index (χ0n) is 18.6. The zero-order valence-corrected chi connectivity index (χ0v) is 18.6. The summed E-state index contributed by atoms with van der Waals surface area (Å²) in [6.07, 6.45) is 3.05. The van der Waals surface area contributed by atoms with Gasteiger partial charge in [-0.25, -0.2) is 9.97 Å². The third kappa shape index (κ3) is 3.71. The van der Waals surface area contributed by atoms with Crippen LogP contribution in [0.1, 0.15) is 21.7 Å². The smallest absolute Gasteiger partial charge is 0.254 e. The van der Waals surface area contributed by atoms with Gasteiger partial charge in [0, 0.05) is 23.2 Å². The molecule has 0 bridgehead atoms. The molecular weight excluding hydrogens is 428 g/mol. The maximum absolute atomic E-state index is 13.3. The number of benzene rings is 3. The van der Waals surface area contributed by atoms with Crippen LogP contribution in [0, 0.1) is 6.92 Å². The van der Waals surface area contributed by atoms with E-state index in [-0.39, 0.29) is 5.91 Å². The number of aromatic amines is 1. The van der Waals surface area contributed by atoms with Gasteiger partial charge in [-0.05, 0) is 54.4 Å². The van der Waals surface area contributed by atoms with Crippen LogP contribution >= 0.6 is 0 Å². The molecule has 0 saturated heterocycles. The fourth-order valence-electron chi connectivity index (χ4n) is 4.38. The SMILES string of the molecule is Cc1nc2ccc(-c3ccc4c(c3)CN(C(=O)c3ccc(-c5cnco5)cc3)CCO4)cc2[nH]1. The molecule has 1 N–H and O–H groups in total. The molecule has 0 radical (unpaired) electrons. The topological polar surface area (TPSA) is 84.2 Å². The Labute approximate surface area is 196 Å². The Morgan fingerprint density at radius 1 is 1.00 bits per heavy atom. The third-order valence-corrected chi connectivity index (χ3v) is 6.11. The Bertz CT molecular complexity index is 1490. The van der Waals surface area contributed by atoms with Crippen LogP contribution in [-0.4, -0.2) is 38.9 Å². The second kappa shape index (κ2) is 8.19. The lowest BCUT2D eigenvalue weighted by atomic mass is 10.0. The van der Waals surface area contributed by atoms with E-state index >= 15 is 0 Å². The van der Waals surface area contributed by atoms with Crippen molar-refractivity contribution in [1.82, 2.24) is 19.9 Å². The summed E-state index contributed by atoms with van der Waals surface area (Å²) in [5.74, 6) is 2.36. The number of nitrogens with one attached hydrogen (secondary N) is 1. The molecule has 0 unspecified atom stereocenters. The average molecular weight is 450 g/mol. The van der Waals surface area contributed by atoms with E-state index < -0.39 is 0 Å². The summed E-state index contributed by atoms with van der Waals surface area (Å²) in [6, 6.07) is 19.8. The number of fused-ring (bicyclic) bond motifs is 2. The van der Waals surface area contributed by atoms with Gasteiger partial charge in [-0.3, -0.25) is 4.79 Å². The molecule has 1 aliphatic rings. The van der Waals surface area contributed by atoms with E-state index in [2.05, 4.69) is 39.2 Å². The first-order valence-electron chi connectivity index (χ1n) is 11.1. The van der Waals surface area contributed by atoms with Crippen molar-refractivity contribution in [3.8, 4) is 28.2 Å². The Morgan fingerprint density at radius 3 is 2.62 bits per heavy atom. The van der Waals surface area contributed by atoms with Crippen LogP contribution in [0.3, 0.4) is 0 Å². The maximum Gasteiger partial charge on any atom is 0.254 e. The molecule has 168 valence electrons. The summed E-state index contributed by atoms with van der Waals surface area (Å²) in [7, 11) is 0. The van der Waals surface area contributed by atoms with Crippen molar-refractivity contribution in [2.24, 2.45) is 0 Å². The van der Waals surface area contributed by atoms with Gasteiger partial charge in [-0.15, -0.1) is 0 Å². The van der Waals surface area contributed by atoms with Gasteiger partial charge in [0.15, 0.2) is 12.2 Å². The molecule has 7 heteroatoms. The molecular formula is C27H22N4O3. The van der Waals surface area contributed by atoms with Crippen molar-refractivity contribution < 1.29 is 13.9 Å². The van der Waals surface area contributed by atoms with Crippen LogP contribution in [-0.2, 0) is 6.54 Å². The number of carbonyl (C=O) groups excluding carboxylic acids is 1. The highest BCUT2D eigenvalue weighted by molar-refractivity contribution is 5.94. The van der Waals surface area contributed by atoms with E-state index in [0.717, 1.165) is 44.9 Å². The molecule has 5 aromatic rings. The van der Waals surface area contributed by atoms with Crippen LogP contribution < -0.4 is 4.74 Å². The van der Waals surface area contributed by atoms with Crippen LogP contribution in [0.2, 0.25) is 0 Å². The number of hydrogen-bond donors (Lipinski definition) is 1. The Hall–Kier alpha value is -4.39. The summed E-state index contributed by atoms with van der Waals surface area (Å²) in [5.41, 5.74) is 6.61. The molecule has 0 atom stereocenters. The number of aryl methyl sites for hydroxylation is 1. The molecule has 6 rings (SSSR count). The van der Waals surface area contributed by atoms with E-state index in [1.807, 2.05) is 48.2 Å². The van der Waals surface area contributed by atoms with Crippen molar-refractivity contribution in [2.45, 2.75) is 13.5 Å². The summed E-state index contributed by atoms with van der Waals surface area (Å²) in [6.45, 7) is 3.41. The van der Waals surface area contributed by atoms with Crippen molar-refractivity contribution in [3.63, 3.8) is 0 Å². The van der Waals surface area contributed by atoms with E-state index in [9.17, 15) is 4.79 Å². The normalized spacial score (nSPS) is 13.4. The Morgan fingerprint density at radius 2 is 1.79 bits per heavy atom. The van der Waals surface area contributed by atoms with Gasteiger partial charge in [0.1, 0.15) is 18.2 Å². The van der Waals surface area contributed by atoms with Crippen molar-refractivity contribution >= 4 is 16.9 Å². The first kappa shape index (κ1) is 20.2. The number of oxazole rings is 1. The fourth-order valence-corrected chi connectivity index (χ4v) is 4.38. The lowest BCUT2D eigenvalue weighted by Crippen LogP contribution is -2.32. The van der Waals surface area contributed by atoms with E-state index in [1.165, 1.54) is 6.39 Å². The van der Waals surface area contributed by atoms with Gasteiger partial charge in [-0.2, -0.15) is 0 Å². The minimum Gasteiger partial charge on any atom is -0.491 e. The molecule has 1 aliphatic heterocycles. The third-order valence-electron chi connectivity index (χ3n) is 6.11. The second-order valence-electron chi connectivity index (χ2n) is 8.39. The minimum absolute atomic E-state index is 0.0275. The molecule has 1 amide bonds. The summed E-state index contributed by atoms with van der Waals surface area (Å²) in [4.78, 5) is 26.8. The monoisotopic (exact) mass is 450 g/mol. The number of carbonyl (C=O) groups is 1. The van der Waals surface area contributed by atoms with Crippen molar-refractivity contribution in [2.75, 3.05) is 13.2 Å². The molecule has 0 saturated carbocycles. The molecule has 3 aromatic carbocycles. The maximum atomic E-state index is 13.3. The van der Waals surface area contributed by atoms with Crippen molar-refractivity contribution in [3.05, 3.63) is 90.2 Å². The molecule has 0 fully saturated rings. The fraction of sp³-hybridized carbons (Fsp3) is 0.148. The molecule has 2 aromatic heterocycles. The Balaban J connectivity index is 1.27. The van der Waals surface area contributed by atoms with Gasteiger partial charge >= 0.3 is 0 Å². The molecule has 34 heavy (non-hydrogen) atoms. The molecule has 0 spiro atoms. The highest BCUT2D eigenvalue weighted by Gasteiger charge is 2.22. The van der Waals surface area contributed by atoms with Crippen LogP contribution in [0.4, 0.5) is 0 Å². The summed E-state index contributed by atoms with van der Waals surface area (Å²) >= 11 is 0. The van der Waals surface area contributed by atoms with Gasteiger partial charge in [0.25, 0.3) is 5.91 Å². The lowest BCUT2D eigenvalue weighted by Gasteiger charge is -2.20. The number of ether oxygens (including phenoxy) is 1. The van der Waals surface area contributed by atoms with Crippen LogP contribution in [0.15, 0.2) is 77.7 Å². The standard InChI is InChI=1S/C27H22N4O3/c1-17-29-23-8-6-21(13-24(23)30-17)20-7-9-25-22(12-20)15-31(10-11-33-25)27(32)19-4-2-18(3-5-19)26-14-28-16-34-26/h2-9,12-14,16H,10-11,15H2,1H3,(H,29,30). The quantitative estimate of drug-likeness (QED) is 0.407. The molecule has 7 nitrogen and oxygen atoms in total. The average Bonchev–Trinajstić information content (AvgIpc) is 3.47. The summed E-state index contributed by atoms with van der Waals surface area (Å²) < 4.78 is 11.3. The number of imidazole rings is 1. The van der Waals surface area contributed by atoms with Gasteiger partial charge in [-0.1, -0.05) is 24.3 Å². The molecule has 0 aliphatic carbocycles. The number of H-pyrrole nitrogens is 1. The number of amides is 1. The first-order valence-corrected chi connectivity index (χ1v) is 11.1. The first-order chi connectivity index (χ1) is 16.6. The number of aromatic nitrogens is 3. The number of hydrogen-bond acceptors (Lipinski definition) is 5. The largest absolute Gasteiger partial charge is 0.491 e.